The molecule has 3 heteroatoms. The lowest BCUT2D eigenvalue weighted by atomic mass is 10.1. The summed E-state index contributed by atoms with van der Waals surface area (Å²) in [7, 11) is 2.31. The first-order chi connectivity index (χ1) is 8.29. The number of nitrogens with two attached hydrogens (primary N) is 1. The van der Waals surface area contributed by atoms with E-state index in [1.54, 1.807) is 0 Å². The van der Waals surface area contributed by atoms with Crippen molar-refractivity contribution in [3.63, 3.8) is 0 Å². The van der Waals surface area contributed by atoms with E-state index in [9.17, 15) is 0 Å². The van der Waals surface area contributed by atoms with Crippen molar-refractivity contribution in [1.29, 1.82) is 0 Å². The van der Waals surface area contributed by atoms with Crippen LogP contribution >= 0.6 is 0 Å². The summed E-state index contributed by atoms with van der Waals surface area (Å²) in [6.07, 6.45) is 8.31. The van der Waals surface area contributed by atoms with Gasteiger partial charge in [0.2, 0.25) is 0 Å². The molecule has 1 aliphatic carbocycles. The van der Waals surface area contributed by atoms with Gasteiger partial charge in [-0.05, 0) is 51.7 Å². The van der Waals surface area contributed by atoms with Crippen LogP contribution in [0.5, 0.6) is 0 Å². The monoisotopic (exact) mass is 239 g/mol. The summed E-state index contributed by atoms with van der Waals surface area (Å²) in [6.45, 7) is 5.95. The van der Waals surface area contributed by atoms with E-state index in [1.165, 1.54) is 64.7 Å². The van der Waals surface area contributed by atoms with Gasteiger partial charge in [-0.25, -0.2) is 0 Å². The van der Waals surface area contributed by atoms with E-state index >= 15 is 0 Å². The molecule has 1 aliphatic heterocycles. The van der Waals surface area contributed by atoms with Crippen LogP contribution in [0.3, 0.4) is 0 Å². The number of rotatable bonds is 6. The second-order valence-corrected chi connectivity index (χ2v) is 5.95. The average molecular weight is 239 g/mol. The molecule has 2 aliphatic rings. The van der Waals surface area contributed by atoms with Crippen LogP contribution < -0.4 is 5.73 Å². The van der Waals surface area contributed by atoms with Gasteiger partial charge in [-0.15, -0.1) is 0 Å². The molecular weight excluding hydrogens is 210 g/mol. The van der Waals surface area contributed by atoms with Gasteiger partial charge in [0.15, 0.2) is 0 Å². The molecule has 0 aromatic carbocycles. The third-order valence-electron chi connectivity index (χ3n) is 4.66. The van der Waals surface area contributed by atoms with Crippen LogP contribution in [0.2, 0.25) is 0 Å². The maximum atomic E-state index is 5.63. The largest absolute Gasteiger partial charge is 0.330 e. The highest BCUT2D eigenvalue weighted by Gasteiger charge is 2.23. The van der Waals surface area contributed by atoms with Crippen molar-refractivity contribution >= 4 is 0 Å². The zero-order valence-electron chi connectivity index (χ0n) is 11.4. The molecule has 0 radical (unpaired) electrons. The minimum Gasteiger partial charge on any atom is -0.330 e. The topological polar surface area (TPSA) is 32.5 Å². The van der Waals surface area contributed by atoms with E-state index in [1.807, 2.05) is 0 Å². The normalized spacial score (nSPS) is 27.4. The van der Waals surface area contributed by atoms with E-state index in [-0.39, 0.29) is 0 Å². The maximum absolute atomic E-state index is 5.63. The lowest BCUT2D eigenvalue weighted by Crippen LogP contribution is -2.36. The van der Waals surface area contributed by atoms with Crippen molar-refractivity contribution in [3.05, 3.63) is 0 Å². The Kier molecular flexibility index (Phi) is 5.26. The number of hydrogen-bond donors (Lipinski definition) is 1. The van der Waals surface area contributed by atoms with E-state index in [0.717, 1.165) is 18.5 Å². The Hall–Kier alpha value is -0.120. The number of likely N-dealkylation sites (N-methyl/N-ethyl adjacent to an activating group) is 1. The standard InChI is InChI=1S/C14H29N3/c1-16(14-4-2-3-5-14)10-11-17-9-7-13(12-17)6-8-15/h13-14H,2-12,15H2,1H3. The van der Waals surface area contributed by atoms with Crippen LogP contribution in [0.15, 0.2) is 0 Å². The average Bonchev–Trinajstić information content (AvgIpc) is 2.97. The molecule has 2 rings (SSSR count). The van der Waals surface area contributed by atoms with Gasteiger partial charge in [0.05, 0.1) is 0 Å². The highest BCUT2D eigenvalue weighted by Crippen LogP contribution is 2.23. The van der Waals surface area contributed by atoms with Crippen molar-refractivity contribution in [2.45, 2.75) is 44.6 Å². The first-order valence-corrected chi connectivity index (χ1v) is 7.42. The second-order valence-electron chi connectivity index (χ2n) is 5.95. The Morgan fingerprint density at radius 2 is 2.00 bits per heavy atom. The van der Waals surface area contributed by atoms with Crippen LogP contribution in [-0.4, -0.2) is 55.6 Å². The first-order valence-electron chi connectivity index (χ1n) is 7.42. The molecule has 1 unspecified atom stereocenters. The molecule has 2 N–H and O–H groups in total. The van der Waals surface area contributed by atoms with E-state index < -0.39 is 0 Å². The summed E-state index contributed by atoms with van der Waals surface area (Å²) in [5, 5.41) is 0. The third kappa shape index (κ3) is 3.94. The van der Waals surface area contributed by atoms with E-state index in [2.05, 4.69) is 16.8 Å². The fraction of sp³-hybridized carbons (Fsp3) is 1.00. The minimum absolute atomic E-state index is 0.862. The predicted octanol–water partition coefficient (Wildman–Crippen LogP) is 1.53. The summed E-state index contributed by atoms with van der Waals surface area (Å²) >= 11 is 0. The molecule has 3 nitrogen and oxygen atoms in total. The van der Waals surface area contributed by atoms with Gasteiger partial charge in [0.1, 0.15) is 0 Å². The molecule has 1 atom stereocenters. The fourth-order valence-corrected chi connectivity index (χ4v) is 3.41. The van der Waals surface area contributed by atoms with Gasteiger partial charge in [-0.1, -0.05) is 12.8 Å². The predicted molar refractivity (Wildman–Crippen MR) is 73.1 cm³/mol. The quantitative estimate of drug-likeness (QED) is 0.763. The lowest BCUT2D eigenvalue weighted by molar-refractivity contribution is 0.204. The number of likely N-dealkylation sites (tertiary alicyclic amines) is 1. The van der Waals surface area contributed by atoms with Crippen LogP contribution in [0.4, 0.5) is 0 Å². The summed E-state index contributed by atoms with van der Waals surface area (Å²) in [6, 6.07) is 0.873. The summed E-state index contributed by atoms with van der Waals surface area (Å²) in [5.74, 6) is 0.872. The van der Waals surface area contributed by atoms with Gasteiger partial charge >= 0.3 is 0 Å². The molecule has 0 aromatic heterocycles. The molecule has 0 amide bonds. The molecule has 17 heavy (non-hydrogen) atoms. The smallest absolute Gasteiger partial charge is 0.0109 e. The first kappa shape index (κ1) is 13.3. The van der Waals surface area contributed by atoms with Crippen LogP contribution in [0.25, 0.3) is 0 Å². The van der Waals surface area contributed by atoms with Gasteiger partial charge in [-0.3, -0.25) is 0 Å². The lowest BCUT2D eigenvalue weighted by Gasteiger charge is -2.26. The van der Waals surface area contributed by atoms with Gasteiger partial charge < -0.3 is 15.5 Å². The molecule has 100 valence electrons. The minimum atomic E-state index is 0.862. The number of hydrogen-bond acceptors (Lipinski definition) is 3. The second kappa shape index (κ2) is 6.72. The van der Waals surface area contributed by atoms with Crippen LogP contribution in [0.1, 0.15) is 38.5 Å². The Morgan fingerprint density at radius 1 is 1.24 bits per heavy atom. The van der Waals surface area contributed by atoms with Crippen molar-refractivity contribution in [2.24, 2.45) is 11.7 Å². The zero-order valence-corrected chi connectivity index (χ0v) is 11.4. The maximum Gasteiger partial charge on any atom is 0.0109 e. The van der Waals surface area contributed by atoms with Gasteiger partial charge in [0.25, 0.3) is 0 Å². The van der Waals surface area contributed by atoms with E-state index in [4.69, 9.17) is 5.73 Å². The Balaban J connectivity index is 1.61. The summed E-state index contributed by atoms with van der Waals surface area (Å²) in [5.41, 5.74) is 5.63. The Labute approximate surface area is 106 Å². The molecule has 0 spiro atoms. The molecule has 0 aromatic rings. The van der Waals surface area contributed by atoms with E-state index in [0.29, 0.717) is 0 Å². The molecule has 0 bridgehead atoms. The third-order valence-corrected chi connectivity index (χ3v) is 4.66. The zero-order chi connectivity index (χ0) is 12.1. The van der Waals surface area contributed by atoms with Crippen molar-refractivity contribution < 1.29 is 0 Å². The highest BCUT2D eigenvalue weighted by molar-refractivity contribution is 4.79. The molecule has 2 fully saturated rings. The molecule has 1 saturated carbocycles. The highest BCUT2D eigenvalue weighted by atomic mass is 15.2. The van der Waals surface area contributed by atoms with Crippen LogP contribution in [-0.2, 0) is 0 Å². The fourth-order valence-electron chi connectivity index (χ4n) is 3.41. The van der Waals surface area contributed by atoms with Gasteiger partial charge in [-0.2, -0.15) is 0 Å². The Bertz CT molecular complexity index is 214. The molecular formula is C14H29N3. The number of nitrogens with zero attached hydrogens (tertiary/aromatic N) is 2. The van der Waals surface area contributed by atoms with Crippen molar-refractivity contribution in [3.8, 4) is 0 Å². The van der Waals surface area contributed by atoms with Crippen molar-refractivity contribution in [2.75, 3.05) is 39.8 Å². The Morgan fingerprint density at radius 3 is 2.71 bits per heavy atom. The summed E-state index contributed by atoms with van der Waals surface area (Å²) < 4.78 is 0. The van der Waals surface area contributed by atoms with Gasteiger partial charge in [0, 0.05) is 25.7 Å². The molecule has 1 heterocycles. The summed E-state index contributed by atoms with van der Waals surface area (Å²) in [4.78, 5) is 5.22. The molecule has 1 saturated heterocycles. The van der Waals surface area contributed by atoms with Crippen molar-refractivity contribution in [1.82, 2.24) is 9.80 Å². The SMILES string of the molecule is CN(CCN1CCC(CCN)C1)C1CCCC1. The van der Waals surface area contributed by atoms with Crippen LogP contribution in [0, 0.1) is 5.92 Å².